The number of aldehydes is 1. The van der Waals surface area contributed by atoms with E-state index in [0.717, 1.165) is 0 Å². The van der Waals surface area contributed by atoms with Gasteiger partial charge in [-0.3, -0.25) is 14.9 Å². The molecule has 0 N–H and O–H groups in total. The van der Waals surface area contributed by atoms with E-state index in [1.54, 1.807) is 0 Å². The molecule has 0 aromatic heterocycles. The third-order valence-electron chi connectivity index (χ3n) is 1.41. The predicted molar refractivity (Wildman–Crippen MR) is 48.9 cm³/mol. The van der Waals surface area contributed by atoms with Crippen molar-refractivity contribution in [2.45, 2.75) is 0 Å². The van der Waals surface area contributed by atoms with Gasteiger partial charge in [0.2, 0.25) is 0 Å². The molecule has 1 aromatic rings. The molecule has 0 bridgehead atoms. The van der Waals surface area contributed by atoms with Crippen LogP contribution in [0.3, 0.4) is 0 Å². The molecule has 5 nitrogen and oxygen atoms in total. The van der Waals surface area contributed by atoms with Crippen molar-refractivity contribution in [3.8, 4) is 5.75 Å². The molecular formula is C9H7NO4. The minimum atomic E-state index is -0.495. The average Bonchev–Trinajstić information content (AvgIpc) is 2.19. The molecule has 1 rings (SSSR count). The van der Waals surface area contributed by atoms with E-state index in [9.17, 15) is 14.9 Å². The molecule has 1 aromatic carbocycles. The van der Waals surface area contributed by atoms with Crippen LogP contribution in [0, 0.1) is 10.1 Å². The van der Waals surface area contributed by atoms with Crippen LogP contribution in [0.4, 0.5) is 5.69 Å². The fourth-order valence-corrected chi connectivity index (χ4v) is 0.796. The van der Waals surface area contributed by atoms with Crippen molar-refractivity contribution in [2.24, 2.45) is 0 Å². The van der Waals surface area contributed by atoms with E-state index in [4.69, 9.17) is 4.74 Å². The van der Waals surface area contributed by atoms with Crippen LogP contribution >= 0.6 is 0 Å². The molecule has 0 fully saturated rings. The van der Waals surface area contributed by atoms with Crippen LogP contribution in [0.5, 0.6) is 5.75 Å². The van der Waals surface area contributed by atoms with Gasteiger partial charge in [0, 0.05) is 18.2 Å². The number of nitro groups is 1. The number of benzene rings is 1. The van der Waals surface area contributed by atoms with Gasteiger partial charge < -0.3 is 4.74 Å². The molecule has 0 aliphatic heterocycles. The van der Waals surface area contributed by atoms with Crippen LogP contribution in [0.1, 0.15) is 0 Å². The van der Waals surface area contributed by atoms with Crippen molar-refractivity contribution < 1.29 is 14.5 Å². The predicted octanol–water partition coefficient (Wildman–Crippen LogP) is 1.69. The molecule has 0 unspecified atom stereocenters. The summed E-state index contributed by atoms with van der Waals surface area (Å²) in [4.78, 5) is 19.7. The summed E-state index contributed by atoms with van der Waals surface area (Å²) in [6, 6.07) is 5.55. The molecule has 0 saturated heterocycles. The van der Waals surface area contributed by atoms with Gasteiger partial charge in [-0.05, 0) is 12.1 Å². The van der Waals surface area contributed by atoms with Crippen molar-refractivity contribution in [3.63, 3.8) is 0 Å². The van der Waals surface area contributed by atoms with Crippen molar-refractivity contribution in [3.05, 3.63) is 46.7 Å². The fraction of sp³-hybridized carbons (Fsp3) is 0. The van der Waals surface area contributed by atoms with Gasteiger partial charge in [0.25, 0.3) is 5.69 Å². The van der Waals surface area contributed by atoms with Crippen LogP contribution in [-0.4, -0.2) is 11.2 Å². The second-order valence-electron chi connectivity index (χ2n) is 2.33. The Hall–Kier alpha value is -2.17. The quantitative estimate of drug-likeness (QED) is 0.240. The number of rotatable bonds is 4. The maximum absolute atomic E-state index is 10.3. The number of ether oxygens (including phenoxy) is 1. The normalized spacial score (nSPS) is 10.0. The van der Waals surface area contributed by atoms with Gasteiger partial charge in [-0.1, -0.05) is 0 Å². The number of nitrogens with zero attached hydrogens (tertiary/aromatic N) is 1. The highest BCUT2D eigenvalue weighted by Crippen LogP contribution is 2.17. The summed E-state index contributed by atoms with van der Waals surface area (Å²) in [5.41, 5.74) is -0.00304. The summed E-state index contributed by atoms with van der Waals surface area (Å²) in [5, 5.41) is 10.3. The number of carbonyl (C=O) groups excluding carboxylic acids is 1. The average molecular weight is 193 g/mol. The zero-order valence-electron chi connectivity index (χ0n) is 7.12. The molecule has 0 aliphatic rings. The molecular weight excluding hydrogens is 186 g/mol. The second kappa shape index (κ2) is 4.76. The Morgan fingerprint density at radius 1 is 1.29 bits per heavy atom. The maximum Gasteiger partial charge on any atom is 0.269 e. The number of hydrogen-bond acceptors (Lipinski definition) is 4. The fourth-order valence-electron chi connectivity index (χ4n) is 0.796. The van der Waals surface area contributed by atoms with E-state index in [-0.39, 0.29) is 5.69 Å². The summed E-state index contributed by atoms with van der Waals surface area (Å²) in [5.74, 6) is 0.439. The Balaban J connectivity index is 2.68. The summed E-state index contributed by atoms with van der Waals surface area (Å²) in [7, 11) is 0. The molecule has 0 amide bonds. The highest BCUT2D eigenvalue weighted by atomic mass is 16.6. The lowest BCUT2D eigenvalue weighted by atomic mass is 10.3. The second-order valence-corrected chi connectivity index (χ2v) is 2.33. The first-order valence-electron chi connectivity index (χ1n) is 3.75. The molecule has 0 spiro atoms. The minimum Gasteiger partial charge on any atom is -0.465 e. The monoisotopic (exact) mass is 193 g/mol. The molecule has 0 atom stereocenters. The Kier molecular flexibility index (Phi) is 3.37. The Bertz CT molecular complexity index is 356. The topological polar surface area (TPSA) is 69.4 Å². The lowest BCUT2D eigenvalue weighted by Gasteiger charge is -1.97. The number of carbonyl (C=O) groups is 1. The van der Waals surface area contributed by atoms with E-state index in [1.807, 2.05) is 0 Å². The van der Waals surface area contributed by atoms with Crippen LogP contribution in [0.15, 0.2) is 36.6 Å². The molecule has 0 aliphatic carbocycles. The number of non-ortho nitro benzene ring substituents is 1. The SMILES string of the molecule is O=C/C=C\Oc1ccc([N+](=O)[O-])cc1. The molecule has 14 heavy (non-hydrogen) atoms. The van der Waals surface area contributed by atoms with Crippen molar-refractivity contribution in [1.82, 2.24) is 0 Å². The molecule has 0 heterocycles. The van der Waals surface area contributed by atoms with Crippen molar-refractivity contribution >= 4 is 12.0 Å². The van der Waals surface area contributed by atoms with E-state index in [1.165, 1.54) is 36.6 Å². The standard InChI is InChI=1S/C9H7NO4/c11-6-1-7-14-9-4-2-8(3-5-9)10(12)13/h1-7H/b7-1-. The van der Waals surface area contributed by atoms with Crippen LogP contribution in [0.25, 0.3) is 0 Å². The third kappa shape index (κ3) is 2.71. The first kappa shape index (κ1) is 9.91. The lowest BCUT2D eigenvalue weighted by molar-refractivity contribution is -0.384. The van der Waals surface area contributed by atoms with Gasteiger partial charge in [-0.2, -0.15) is 0 Å². The third-order valence-corrected chi connectivity index (χ3v) is 1.41. The van der Waals surface area contributed by atoms with Crippen LogP contribution in [0.2, 0.25) is 0 Å². The van der Waals surface area contributed by atoms with E-state index < -0.39 is 4.92 Å². The summed E-state index contributed by atoms with van der Waals surface area (Å²) in [6.45, 7) is 0. The molecule has 0 saturated carbocycles. The van der Waals surface area contributed by atoms with Gasteiger partial charge in [-0.15, -0.1) is 0 Å². The smallest absolute Gasteiger partial charge is 0.269 e. The largest absolute Gasteiger partial charge is 0.465 e. The zero-order valence-corrected chi connectivity index (χ0v) is 7.12. The Labute approximate surface area is 79.8 Å². The van der Waals surface area contributed by atoms with Crippen LogP contribution in [-0.2, 0) is 4.79 Å². The van der Waals surface area contributed by atoms with E-state index >= 15 is 0 Å². The van der Waals surface area contributed by atoms with Crippen LogP contribution < -0.4 is 4.74 Å². The first-order chi connectivity index (χ1) is 6.74. The van der Waals surface area contributed by atoms with Gasteiger partial charge in [0.1, 0.15) is 12.0 Å². The summed E-state index contributed by atoms with van der Waals surface area (Å²) < 4.78 is 4.95. The lowest BCUT2D eigenvalue weighted by Crippen LogP contribution is -1.87. The van der Waals surface area contributed by atoms with E-state index in [0.29, 0.717) is 12.0 Å². The van der Waals surface area contributed by atoms with Gasteiger partial charge in [-0.25, -0.2) is 0 Å². The van der Waals surface area contributed by atoms with Gasteiger partial charge in [0.05, 0.1) is 11.2 Å². The molecule has 5 heteroatoms. The van der Waals surface area contributed by atoms with Crippen molar-refractivity contribution in [2.75, 3.05) is 0 Å². The summed E-state index contributed by atoms with van der Waals surface area (Å²) in [6.07, 6.45) is 2.96. The Morgan fingerprint density at radius 3 is 2.43 bits per heavy atom. The molecule has 72 valence electrons. The minimum absolute atomic E-state index is 0.00304. The first-order valence-corrected chi connectivity index (χ1v) is 3.75. The number of nitro benzene ring substituents is 1. The van der Waals surface area contributed by atoms with Crippen molar-refractivity contribution in [1.29, 1.82) is 0 Å². The number of allylic oxidation sites excluding steroid dienone is 1. The van der Waals surface area contributed by atoms with E-state index in [2.05, 4.69) is 0 Å². The van der Waals surface area contributed by atoms with Gasteiger partial charge >= 0.3 is 0 Å². The highest BCUT2D eigenvalue weighted by molar-refractivity contribution is 5.64. The van der Waals surface area contributed by atoms with Gasteiger partial charge in [0.15, 0.2) is 0 Å². The summed E-state index contributed by atoms with van der Waals surface area (Å²) >= 11 is 0. The molecule has 0 radical (unpaired) electrons. The highest BCUT2D eigenvalue weighted by Gasteiger charge is 2.03. The maximum atomic E-state index is 10.3. The Morgan fingerprint density at radius 2 is 1.93 bits per heavy atom. The number of hydrogen-bond donors (Lipinski definition) is 0. The zero-order chi connectivity index (χ0) is 10.4.